The molecule has 0 aliphatic rings. The van der Waals surface area contributed by atoms with E-state index in [1.165, 1.54) is 0 Å². The Morgan fingerprint density at radius 2 is 2.12 bits per heavy atom. The minimum atomic E-state index is -4.52. The number of hydrogen-bond acceptors (Lipinski definition) is 3. The average Bonchev–Trinajstić information content (AvgIpc) is 2.43. The van der Waals surface area contributed by atoms with Crippen molar-refractivity contribution in [2.45, 2.75) is 19.6 Å². The summed E-state index contributed by atoms with van der Waals surface area (Å²) in [5.74, 6) is -2.12. The molecule has 1 aromatic rings. The second-order valence-corrected chi connectivity index (χ2v) is 3.19. The third-order valence-corrected chi connectivity index (χ3v) is 1.62. The third-order valence-electron chi connectivity index (χ3n) is 1.62. The van der Waals surface area contributed by atoms with Gasteiger partial charge >= 0.3 is 12.1 Å². The second kappa shape index (κ2) is 4.44. The summed E-state index contributed by atoms with van der Waals surface area (Å²) in [6, 6.07) is 0. The molecule has 6 nitrogen and oxygen atoms in total. The van der Waals surface area contributed by atoms with Crippen molar-refractivity contribution in [3.05, 3.63) is 11.9 Å². The summed E-state index contributed by atoms with van der Waals surface area (Å²) in [6.07, 6.45) is -3.70. The van der Waals surface area contributed by atoms with Gasteiger partial charge in [0, 0.05) is 13.1 Å². The molecule has 0 bridgehead atoms. The Labute approximate surface area is 93.0 Å². The lowest BCUT2D eigenvalue weighted by molar-refractivity contribution is -0.142. The molecule has 1 aromatic heterocycles. The molecule has 17 heavy (non-hydrogen) atoms. The summed E-state index contributed by atoms with van der Waals surface area (Å²) in [5, 5.41) is 14.0. The molecule has 0 spiro atoms. The van der Waals surface area contributed by atoms with Crippen molar-refractivity contribution in [3.8, 4) is 0 Å². The number of carbonyl (C=O) groups excluding carboxylic acids is 1. The van der Waals surface area contributed by atoms with Gasteiger partial charge in [0.25, 0.3) is 0 Å². The molecule has 0 saturated carbocycles. The number of amides is 1. The number of rotatable bonds is 3. The van der Waals surface area contributed by atoms with Crippen LogP contribution in [-0.4, -0.2) is 32.9 Å². The summed E-state index contributed by atoms with van der Waals surface area (Å²) in [6.45, 7) is -0.320. The van der Waals surface area contributed by atoms with Gasteiger partial charge in [-0.15, -0.1) is 0 Å². The summed E-state index contributed by atoms with van der Waals surface area (Å²) in [4.78, 5) is 21.4. The SMILES string of the molecule is CC(=O)Nc1cn(CC(F)(F)F)nc1C(=O)O. The number of carboxylic acids is 1. The Morgan fingerprint density at radius 1 is 1.53 bits per heavy atom. The Morgan fingerprint density at radius 3 is 2.53 bits per heavy atom. The number of carboxylic acid groups (broad SMARTS) is 1. The molecule has 0 atom stereocenters. The van der Waals surface area contributed by atoms with Crippen LogP contribution in [0.4, 0.5) is 18.9 Å². The van der Waals surface area contributed by atoms with Crippen LogP contribution >= 0.6 is 0 Å². The Balaban J connectivity index is 3.04. The zero-order chi connectivity index (χ0) is 13.2. The van der Waals surface area contributed by atoms with E-state index >= 15 is 0 Å². The van der Waals surface area contributed by atoms with Crippen LogP contribution in [0.5, 0.6) is 0 Å². The number of anilines is 1. The van der Waals surface area contributed by atoms with Crippen molar-refractivity contribution < 1.29 is 27.9 Å². The van der Waals surface area contributed by atoms with Gasteiger partial charge in [0.15, 0.2) is 5.69 Å². The average molecular weight is 251 g/mol. The summed E-state index contributed by atoms with van der Waals surface area (Å²) >= 11 is 0. The van der Waals surface area contributed by atoms with Gasteiger partial charge < -0.3 is 10.4 Å². The molecular formula is C8H8F3N3O3. The highest BCUT2D eigenvalue weighted by Crippen LogP contribution is 2.20. The molecule has 0 fully saturated rings. The molecule has 2 N–H and O–H groups in total. The van der Waals surface area contributed by atoms with Gasteiger partial charge in [-0.25, -0.2) is 4.79 Å². The molecule has 1 rings (SSSR count). The first kappa shape index (κ1) is 13.0. The fraction of sp³-hybridized carbons (Fsp3) is 0.375. The van der Waals surface area contributed by atoms with Crippen molar-refractivity contribution in [1.82, 2.24) is 9.78 Å². The van der Waals surface area contributed by atoms with Crippen LogP contribution in [0.1, 0.15) is 17.4 Å². The molecule has 0 aliphatic heterocycles. The van der Waals surface area contributed by atoms with E-state index < -0.39 is 30.3 Å². The molecule has 0 aliphatic carbocycles. The Bertz CT molecular complexity index is 453. The third kappa shape index (κ3) is 3.78. The van der Waals surface area contributed by atoms with Crippen LogP contribution in [0.25, 0.3) is 0 Å². The van der Waals surface area contributed by atoms with Crippen molar-refractivity contribution in [3.63, 3.8) is 0 Å². The number of carbonyl (C=O) groups is 2. The highest BCUT2D eigenvalue weighted by atomic mass is 19.4. The quantitative estimate of drug-likeness (QED) is 0.842. The van der Waals surface area contributed by atoms with Crippen LogP contribution in [0.15, 0.2) is 6.20 Å². The lowest BCUT2D eigenvalue weighted by Crippen LogP contribution is -2.18. The lowest BCUT2D eigenvalue weighted by atomic mass is 10.3. The van der Waals surface area contributed by atoms with Crippen LogP contribution < -0.4 is 5.32 Å². The Kier molecular flexibility index (Phi) is 3.39. The standard InChI is InChI=1S/C8H8F3N3O3/c1-4(15)12-5-2-14(3-8(9,10)11)13-6(5)7(16)17/h2H,3H2,1H3,(H,12,15)(H,16,17). The van der Waals surface area contributed by atoms with Gasteiger partial charge in [-0.2, -0.15) is 18.3 Å². The smallest absolute Gasteiger partial charge is 0.408 e. The molecule has 0 unspecified atom stereocenters. The summed E-state index contributed by atoms with van der Waals surface area (Å²) in [5.41, 5.74) is -0.904. The first-order valence-electron chi connectivity index (χ1n) is 4.34. The topological polar surface area (TPSA) is 84.2 Å². The summed E-state index contributed by atoms with van der Waals surface area (Å²) < 4.78 is 36.6. The van der Waals surface area contributed by atoms with E-state index in [-0.39, 0.29) is 5.69 Å². The van der Waals surface area contributed by atoms with Gasteiger partial charge in [-0.3, -0.25) is 9.48 Å². The van der Waals surface area contributed by atoms with E-state index in [2.05, 4.69) is 10.4 Å². The van der Waals surface area contributed by atoms with Crippen molar-refractivity contribution >= 4 is 17.6 Å². The normalized spacial score (nSPS) is 11.3. The number of hydrogen-bond donors (Lipinski definition) is 2. The molecule has 0 aromatic carbocycles. The molecule has 1 heterocycles. The minimum Gasteiger partial charge on any atom is -0.476 e. The van der Waals surface area contributed by atoms with E-state index in [1.807, 2.05) is 0 Å². The van der Waals surface area contributed by atoms with E-state index in [1.54, 1.807) is 0 Å². The fourth-order valence-corrected chi connectivity index (χ4v) is 1.13. The highest BCUT2D eigenvalue weighted by Gasteiger charge is 2.29. The Hall–Kier alpha value is -2.06. The maximum atomic E-state index is 12.1. The maximum Gasteiger partial charge on any atom is 0.408 e. The number of aromatic nitrogens is 2. The van der Waals surface area contributed by atoms with E-state index in [0.717, 1.165) is 13.1 Å². The number of aromatic carboxylic acids is 1. The number of nitrogens with one attached hydrogen (secondary N) is 1. The molecule has 0 radical (unpaired) electrons. The van der Waals surface area contributed by atoms with E-state index in [0.29, 0.717) is 4.68 Å². The first-order valence-corrected chi connectivity index (χ1v) is 4.34. The predicted molar refractivity (Wildman–Crippen MR) is 49.5 cm³/mol. The maximum absolute atomic E-state index is 12.1. The minimum absolute atomic E-state index is 0.269. The van der Waals surface area contributed by atoms with Crippen LogP contribution in [0.2, 0.25) is 0 Å². The van der Waals surface area contributed by atoms with Gasteiger partial charge in [0.1, 0.15) is 6.54 Å². The lowest BCUT2D eigenvalue weighted by Gasteiger charge is -2.04. The van der Waals surface area contributed by atoms with E-state index in [9.17, 15) is 22.8 Å². The molecule has 9 heteroatoms. The predicted octanol–water partition coefficient (Wildman–Crippen LogP) is 1.10. The highest BCUT2D eigenvalue weighted by molar-refractivity contribution is 5.98. The molecule has 94 valence electrons. The second-order valence-electron chi connectivity index (χ2n) is 3.19. The van der Waals surface area contributed by atoms with Crippen molar-refractivity contribution in [1.29, 1.82) is 0 Å². The molecule has 1 amide bonds. The number of alkyl halides is 3. The zero-order valence-corrected chi connectivity index (χ0v) is 8.58. The van der Waals surface area contributed by atoms with E-state index in [4.69, 9.17) is 5.11 Å². The van der Waals surface area contributed by atoms with Crippen LogP contribution in [0, 0.1) is 0 Å². The zero-order valence-electron chi connectivity index (χ0n) is 8.58. The first-order chi connectivity index (χ1) is 7.69. The summed E-state index contributed by atoms with van der Waals surface area (Å²) in [7, 11) is 0. The number of nitrogens with zero attached hydrogens (tertiary/aromatic N) is 2. The largest absolute Gasteiger partial charge is 0.476 e. The molecular weight excluding hydrogens is 243 g/mol. The van der Waals surface area contributed by atoms with Crippen LogP contribution in [-0.2, 0) is 11.3 Å². The van der Waals surface area contributed by atoms with Crippen molar-refractivity contribution in [2.24, 2.45) is 0 Å². The van der Waals surface area contributed by atoms with Gasteiger partial charge in [-0.05, 0) is 0 Å². The number of halogens is 3. The van der Waals surface area contributed by atoms with Crippen molar-refractivity contribution in [2.75, 3.05) is 5.32 Å². The molecule has 0 saturated heterocycles. The van der Waals surface area contributed by atoms with Gasteiger partial charge in [0.05, 0.1) is 5.69 Å². The van der Waals surface area contributed by atoms with Gasteiger partial charge in [0.2, 0.25) is 5.91 Å². The monoisotopic (exact) mass is 251 g/mol. The van der Waals surface area contributed by atoms with Gasteiger partial charge in [-0.1, -0.05) is 0 Å². The fourth-order valence-electron chi connectivity index (χ4n) is 1.13. The van der Waals surface area contributed by atoms with Crippen LogP contribution in [0.3, 0.4) is 0 Å².